The van der Waals surface area contributed by atoms with E-state index in [1.165, 1.54) is 47.1 Å². The maximum Gasteiger partial charge on any atom is 0.416 e. The van der Waals surface area contributed by atoms with Crippen molar-refractivity contribution < 1.29 is 27.9 Å². The number of nitrogens with one attached hydrogen (secondary N) is 1. The number of alkyl halides is 3. The molecule has 0 bridgehead atoms. The summed E-state index contributed by atoms with van der Waals surface area (Å²) in [7, 11) is 0. The Balaban J connectivity index is 1.47. The molecule has 206 valence electrons. The minimum absolute atomic E-state index is 0.00330. The second-order valence-corrected chi connectivity index (χ2v) is 10.1. The minimum Gasteiger partial charge on any atom is -0.465 e. The predicted molar refractivity (Wildman–Crippen MR) is 139 cm³/mol. The Bertz CT molecular complexity index is 1140. The van der Waals surface area contributed by atoms with Gasteiger partial charge in [0, 0.05) is 51.5 Å². The lowest BCUT2D eigenvalue weighted by Gasteiger charge is -2.31. The number of hydrogen-bond acceptors (Lipinski definition) is 4. The molecule has 38 heavy (non-hydrogen) atoms. The molecule has 2 aromatic carbocycles. The number of carbonyl (C=O) groups excluding carboxylic acids is 1. The summed E-state index contributed by atoms with van der Waals surface area (Å²) in [6.45, 7) is 4.45. The molecule has 1 saturated carbocycles. The number of amides is 2. The number of nitrogens with zero attached hydrogens (tertiary/aromatic N) is 3. The Morgan fingerprint density at radius 3 is 2.50 bits per heavy atom. The minimum atomic E-state index is -4.56. The first kappa shape index (κ1) is 27.8. The summed E-state index contributed by atoms with van der Waals surface area (Å²) in [4.78, 5) is 29.7. The van der Waals surface area contributed by atoms with E-state index >= 15 is 0 Å². The molecule has 0 radical (unpaired) electrons. The Labute approximate surface area is 221 Å². The summed E-state index contributed by atoms with van der Waals surface area (Å²) in [5.41, 5.74) is 2.43. The molecular formula is C28H35F3N4O3. The van der Waals surface area contributed by atoms with E-state index in [2.05, 4.69) is 16.3 Å². The fourth-order valence-corrected chi connectivity index (χ4v) is 5.00. The van der Waals surface area contributed by atoms with E-state index in [0.717, 1.165) is 48.6 Å². The summed E-state index contributed by atoms with van der Waals surface area (Å²) in [5.74, 6) is 0.417. The van der Waals surface area contributed by atoms with E-state index in [1.54, 1.807) is 6.92 Å². The average Bonchev–Trinajstić information content (AvgIpc) is 3.70. The maximum absolute atomic E-state index is 13.6. The Morgan fingerprint density at radius 1 is 1.08 bits per heavy atom. The number of anilines is 1. The van der Waals surface area contributed by atoms with Gasteiger partial charge in [-0.2, -0.15) is 13.2 Å². The summed E-state index contributed by atoms with van der Waals surface area (Å²) in [6, 6.07) is 11.1. The molecule has 10 heteroatoms. The predicted octanol–water partition coefficient (Wildman–Crippen LogP) is 4.91. The van der Waals surface area contributed by atoms with E-state index in [-0.39, 0.29) is 38.3 Å². The van der Waals surface area contributed by atoms with E-state index in [0.29, 0.717) is 0 Å². The van der Waals surface area contributed by atoms with Gasteiger partial charge in [-0.25, -0.2) is 4.79 Å². The molecule has 7 nitrogen and oxygen atoms in total. The van der Waals surface area contributed by atoms with Crippen LogP contribution in [0.15, 0.2) is 42.5 Å². The Kier molecular flexibility index (Phi) is 8.81. The van der Waals surface area contributed by atoms with Gasteiger partial charge in [-0.15, -0.1) is 0 Å². The SMILES string of the molecule is CCN(CCN(Cc1ccccc1C(F)(F)F)C(=O)CNc1cccc2c1CCN(CC1CC1)C2)C(=O)O. The van der Waals surface area contributed by atoms with Gasteiger partial charge in [-0.1, -0.05) is 30.3 Å². The summed E-state index contributed by atoms with van der Waals surface area (Å²) >= 11 is 0. The van der Waals surface area contributed by atoms with Gasteiger partial charge in [0.15, 0.2) is 0 Å². The van der Waals surface area contributed by atoms with Crippen LogP contribution < -0.4 is 5.32 Å². The molecule has 2 amide bonds. The number of rotatable bonds is 11. The fourth-order valence-electron chi connectivity index (χ4n) is 5.00. The van der Waals surface area contributed by atoms with Crippen molar-refractivity contribution in [2.75, 3.05) is 44.6 Å². The quantitative estimate of drug-likeness (QED) is 0.430. The van der Waals surface area contributed by atoms with Crippen LogP contribution in [-0.2, 0) is 30.5 Å². The molecule has 1 heterocycles. The highest BCUT2D eigenvalue weighted by Gasteiger charge is 2.34. The second kappa shape index (κ2) is 12.1. The van der Waals surface area contributed by atoms with E-state index < -0.39 is 23.7 Å². The van der Waals surface area contributed by atoms with Crippen LogP contribution >= 0.6 is 0 Å². The summed E-state index contributed by atoms with van der Waals surface area (Å²) in [5, 5.41) is 12.6. The van der Waals surface area contributed by atoms with Crippen LogP contribution in [0, 0.1) is 5.92 Å². The largest absolute Gasteiger partial charge is 0.465 e. The number of hydrogen-bond donors (Lipinski definition) is 2. The van der Waals surface area contributed by atoms with Crippen LogP contribution in [0.3, 0.4) is 0 Å². The third-order valence-corrected chi connectivity index (χ3v) is 7.32. The molecule has 0 spiro atoms. The first-order valence-electron chi connectivity index (χ1n) is 13.1. The van der Waals surface area contributed by atoms with Crippen molar-refractivity contribution in [2.24, 2.45) is 5.92 Å². The first-order valence-corrected chi connectivity index (χ1v) is 13.1. The van der Waals surface area contributed by atoms with Crippen molar-refractivity contribution >= 4 is 17.7 Å². The highest BCUT2D eigenvalue weighted by molar-refractivity contribution is 5.81. The number of carboxylic acid groups (broad SMARTS) is 1. The molecule has 0 aromatic heterocycles. The molecule has 0 unspecified atom stereocenters. The standard InChI is InChI=1S/C28H35F3N4O3/c1-2-34(27(37)38)14-15-35(19-22-6-3-4-8-24(22)28(29,30)31)26(36)16-32-25-9-5-7-21-18-33(13-12-23(21)25)17-20-10-11-20/h3-9,20,32H,2,10-19H2,1H3,(H,37,38). The maximum atomic E-state index is 13.6. The van der Waals surface area contributed by atoms with Crippen LogP contribution in [0.25, 0.3) is 0 Å². The molecule has 1 fully saturated rings. The van der Waals surface area contributed by atoms with Crippen molar-refractivity contribution in [2.45, 2.75) is 45.5 Å². The highest BCUT2D eigenvalue weighted by atomic mass is 19.4. The molecule has 2 aromatic rings. The molecule has 0 saturated heterocycles. The molecule has 1 aliphatic carbocycles. The van der Waals surface area contributed by atoms with Crippen molar-refractivity contribution in [3.63, 3.8) is 0 Å². The topological polar surface area (TPSA) is 76.1 Å². The van der Waals surface area contributed by atoms with Gasteiger partial charge in [0.1, 0.15) is 0 Å². The van der Waals surface area contributed by atoms with Crippen molar-refractivity contribution in [3.05, 3.63) is 64.7 Å². The smallest absolute Gasteiger partial charge is 0.416 e. The Morgan fingerprint density at radius 2 is 1.82 bits per heavy atom. The van der Waals surface area contributed by atoms with E-state index in [4.69, 9.17) is 0 Å². The van der Waals surface area contributed by atoms with Crippen molar-refractivity contribution in [1.29, 1.82) is 0 Å². The lowest BCUT2D eigenvalue weighted by Crippen LogP contribution is -2.42. The molecule has 4 rings (SSSR count). The van der Waals surface area contributed by atoms with Gasteiger partial charge in [0.2, 0.25) is 5.91 Å². The van der Waals surface area contributed by atoms with Crippen LogP contribution in [0.5, 0.6) is 0 Å². The molecular weight excluding hydrogens is 497 g/mol. The van der Waals surface area contributed by atoms with Gasteiger partial charge in [0.05, 0.1) is 12.1 Å². The fraction of sp³-hybridized carbons (Fsp3) is 0.500. The average molecular weight is 533 g/mol. The Hall–Kier alpha value is -3.27. The monoisotopic (exact) mass is 532 g/mol. The van der Waals surface area contributed by atoms with E-state index in [1.807, 2.05) is 12.1 Å². The molecule has 2 aliphatic rings. The van der Waals surface area contributed by atoms with Crippen LogP contribution in [-0.4, -0.2) is 71.1 Å². The zero-order valence-electron chi connectivity index (χ0n) is 21.6. The number of halogens is 3. The van der Waals surface area contributed by atoms with Gasteiger partial charge in [-0.05, 0) is 60.9 Å². The third kappa shape index (κ3) is 7.18. The summed E-state index contributed by atoms with van der Waals surface area (Å²) in [6.07, 6.45) is -2.22. The van der Waals surface area contributed by atoms with Gasteiger partial charge in [-0.3, -0.25) is 9.69 Å². The molecule has 1 aliphatic heterocycles. The van der Waals surface area contributed by atoms with Gasteiger partial charge >= 0.3 is 12.3 Å². The van der Waals surface area contributed by atoms with Gasteiger partial charge in [0.25, 0.3) is 0 Å². The van der Waals surface area contributed by atoms with Crippen LogP contribution in [0.2, 0.25) is 0 Å². The van der Waals surface area contributed by atoms with Gasteiger partial charge < -0.3 is 20.2 Å². The first-order chi connectivity index (χ1) is 18.2. The zero-order valence-corrected chi connectivity index (χ0v) is 21.6. The molecule has 0 atom stereocenters. The number of benzene rings is 2. The molecule has 2 N–H and O–H groups in total. The second-order valence-electron chi connectivity index (χ2n) is 10.1. The van der Waals surface area contributed by atoms with Crippen molar-refractivity contribution in [3.8, 4) is 0 Å². The normalized spacial score (nSPS) is 15.6. The van der Waals surface area contributed by atoms with Crippen LogP contribution in [0.1, 0.15) is 42.0 Å². The van der Waals surface area contributed by atoms with E-state index in [9.17, 15) is 27.9 Å². The highest BCUT2D eigenvalue weighted by Crippen LogP contribution is 2.34. The number of likely N-dealkylation sites (N-methyl/N-ethyl adjacent to an activating group) is 1. The van der Waals surface area contributed by atoms with Crippen molar-refractivity contribution in [1.82, 2.24) is 14.7 Å². The number of fused-ring (bicyclic) bond motifs is 1. The lowest BCUT2D eigenvalue weighted by atomic mass is 9.97. The third-order valence-electron chi connectivity index (χ3n) is 7.32. The van der Waals surface area contributed by atoms with Crippen LogP contribution in [0.4, 0.5) is 23.7 Å². The zero-order chi connectivity index (χ0) is 27.3. The summed E-state index contributed by atoms with van der Waals surface area (Å²) < 4.78 is 40.8. The lowest BCUT2D eigenvalue weighted by molar-refractivity contribution is -0.139. The number of carbonyl (C=O) groups is 2.